The molecule has 3 rings (SSSR count). The predicted molar refractivity (Wildman–Crippen MR) is 125 cm³/mol. The molecule has 2 aromatic rings. The first-order chi connectivity index (χ1) is 16.6. The molecule has 0 bridgehead atoms. The summed E-state index contributed by atoms with van der Waals surface area (Å²) in [5.41, 5.74) is 2.38. The van der Waals surface area contributed by atoms with Crippen LogP contribution in [0.5, 0.6) is 5.75 Å². The number of aliphatic carboxylic acids is 4. The molecule has 1 atom stereocenters. The molecule has 0 aliphatic carbocycles. The van der Waals surface area contributed by atoms with Crippen molar-refractivity contribution < 1.29 is 44.3 Å². The number of aromatic nitrogens is 1. The van der Waals surface area contributed by atoms with Crippen LogP contribution in [0, 0.1) is 5.92 Å². The second-order valence-electron chi connectivity index (χ2n) is 7.73. The second-order valence-corrected chi connectivity index (χ2v) is 7.73. The molecule has 1 aromatic heterocycles. The topological polar surface area (TPSA) is 175 Å². The summed E-state index contributed by atoms with van der Waals surface area (Å²) in [7, 11) is 0. The van der Waals surface area contributed by atoms with Crippen LogP contribution in [0.3, 0.4) is 0 Å². The zero-order valence-corrected chi connectivity index (χ0v) is 19.4. The molecule has 11 heteroatoms. The van der Waals surface area contributed by atoms with E-state index in [0.717, 1.165) is 31.2 Å². The smallest absolute Gasteiger partial charge is 0.414 e. The minimum atomic E-state index is -1.82. The summed E-state index contributed by atoms with van der Waals surface area (Å²) in [5, 5.41) is 29.6. The van der Waals surface area contributed by atoms with E-state index in [9.17, 15) is 0 Å². The van der Waals surface area contributed by atoms with Crippen LogP contribution in [0.15, 0.2) is 48.8 Å². The fraction of sp³-hybridized carbons (Fsp3) is 0.375. The molecule has 35 heavy (non-hydrogen) atoms. The SMILES string of the molecule is C[C@H]1CCCN(CCCOc2ccc(-c3ccncc3)cc2)C1.O=C(O)C(=O)O.O=C(O)C(=O)O. The van der Waals surface area contributed by atoms with Crippen molar-refractivity contribution in [3.8, 4) is 16.9 Å². The number of carbonyl (C=O) groups is 4. The van der Waals surface area contributed by atoms with Gasteiger partial charge in [-0.25, -0.2) is 19.2 Å². The maximum absolute atomic E-state index is 9.10. The zero-order chi connectivity index (χ0) is 26.2. The van der Waals surface area contributed by atoms with Crippen molar-refractivity contribution in [2.75, 3.05) is 26.2 Å². The van der Waals surface area contributed by atoms with Crippen LogP contribution in [0.25, 0.3) is 11.1 Å². The van der Waals surface area contributed by atoms with Crippen LogP contribution >= 0.6 is 0 Å². The van der Waals surface area contributed by atoms with Crippen molar-refractivity contribution in [2.24, 2.45) is 5.92 Å². The van der Waals surface area contributed by atoms with Gasteiger partial charge in [-0.15, -0.1) is 0 Å². The van der Waals surface area contributed by atoms with E-state index < -0.39 is 23.9 Å². The highest BCUT2D eigenvalue weighted by Crippen LogP contribution is 2.22. The first kappa shape index (κ1) is 29.0. The number of carboxylic acids is 4. The Kier molecular flexibility index (Phi) is 13.1. The van der Waals surface area contributed by atoms with E-state index in [1.54, 1.807) is 0 Å². The van der Waals surface area contributed by atoms with Gasteiger partial charge in [0.2, 0.25) is 0 Å². The normalized spacial score (nSPS) is 14.8. The Morgan fingerprint density at radius 3 is 1.89 bits per heavy atom. The van der Waals surface area contributed by atoms with Crippen molar-refractivity contribution in [1.29, 1.82) is 0 Å². The highest BCUT2D eigenvalue weighted by Gasteiger charge is 2.15. The fourth-order valence-corrected chi connectivity index (χ4v) is 3.26. The predicted octanol–water partition coefficient (Wildman–Crippen LogP) is 2.56. The Bertz CT molecular complexity index is 901. The number of piperidine rings is 1. The van der Waals surface area contributed by atoms with Crippen molar-refractivity contribution in [2.45, 2.75) is 26.2 Å². The third-order valence-corrected chi connectivity index (χ3v) is 4.86. The van der Waals surface area contributed by atoms with Crippen LogP contribution in [0.1, 0.15) is 26.2 Å². The van der Waals surface area contributed by atoms with Gasteiger partial charge in [0.05, 0.1) is 6.61 Å². The van der Waals surface area contributed by atoms with Gasteiger partial charge in [-0.3, -0.25) is 4.98 Å². The van der Waals surface area contributed by atoms with Crippen molar-refractivity contribution >= 4 is 23.9 Å². The van der Waals surface area contributed by atoms with Gasteiger partial charge in [-0.05, 0) is 67.1 Å². The summed E-state index contributed by atoms with van der Waals surface area (Å²) in [4.78, 5) is 43.0. The van der Waals surface area contributed by atoms with Crippen LogP contribution < -0.4 is 4.74 Å². The molecule has 2 heterocycles. The molecule has 0 radical (unpaired) electrons. The lowest BCUT2D eigenvalue weighted by Crippen LogP contribution is -2.35. The van der Waals surface area contributed by atoms with Crippen LogP contribution in [-0.4, -0.2) is 80.4 Å². The zero-order valence-electron chi connectivity index (χ0n) is 19.4. The second kappa shape index (κ2) is 15.8. The molecule has 11 nitrogen and oxygen atoms in total. The van der Waals surface area contributed by atoms with Crippen LogP contribution in [0.2, 0.25) is 0 Å². The number of nitrogens with zero attached hydrogens (tertiary/aromatic N) is 2. The number of ether oxygens (including phenoxy) is 1. The number of carboxylic acid groups (broad SMARTS) is 4. The van der Waals surface area contributed by atoms with Gasteiger partial charge in [-0.2, -0.15) is 0 Å². The molecule has 1 aliphatic heterocycles. The molecule has 0 saturated carbocycles. The number of benzene rings is 1. The van der Waals surface area contributed by atoms with E-state index in [-0.39, 0.29) is 0 Å². The molecule has 4 N–H and O–H groups in total. The van der Waals surface area contributed by atoms with Gasteiger partial charge in [0.25, 0.3) is 0 Å². The van der Waals surface area contributed by atoms with E-state index >= 15 is 0 Å². The van der Waals surface area contributed by atoms with Crippen LogP contribution in [-0.2, 0) is 19.2 Å². The standard InChI is InChI=1S/C20H26N2O.2C2H2O4/c1-17-4-2-13-22(16-17)14-3-15-23-20-7-5-18(6-8-20)19-9-11-21-12-10-19;2*3-1(4)2(5)6/h5-12,17H,2-4,13-16H2,1H3;2*(H,3,4)(H,5,6)/t17-;;/m0../s1. The summed E-state index contributed by atoms with van der Waals surface area (Å²) >= 11 is 0. The number of pyridine rings is 1. The van der Waals surface area contributed by atoms with Crippen molar-refractivity contribution in [3.05, 3.63) is 48.8 Å². The Balaban J connectivity index is 0.000000425. The van der Waals surface area contributed by atoms with E-state index in [4.69, 9.17) is 44.3 Å². The molecule has 0 unspecified atom stereocenters. The molecular weight excluding hydrogens is 460 g/mol. The van der Waals surface area contributed by atoms with E-state index in [0.29, 0.717) is 0 Å². The summed E-state index contributed by atoms with van der Waals surface area (Å²) in [6.45, 7) is 6.80. The number of rotatable bonds is 6. The highest BCUT2D eigenvalue weighted by atomic mass is 16.5. The molecule has 0 spiro atoms. The van der Waals surface area contributed by atoms with Crippen LogP contribution in [0.4, 0.5) is 0 Å². The summed E-state index contributed by atoms with van der Waals surface area (Å²) < 4.78 is 5.88. The lowest BCUT2D eigenvalue weighted by molar-refractivity contribution is -0.159. The molecule has 1 aromatic carbocycles. The molecule has 0 amide bonds. The van der Waals surface area contributed by atoms with Crippen molar-refractivity contribution in [1.82, 2.24) is 9.88 Å². The molecule has 190 valence electrons. The average Bonchev–Trinajstić information content (AvgIpc) is 2.83. The van der Waals surface area contributed by atoms with Gasteiger partial charge >= 0.3 is 23.9 Å². The number of hydrogen-bond donors (Lipinski definition) is 4. The lowest BCUT2D eigenvalue weighted by Gasteiger charge is -2.30. The van der Waals surface area contributed by atoms with Gasteiger partial charge in [-0.1, -0.05) is 19.1 Å². The fourth-order valence-electron chi connectivity index (χ4n) is 3.26. The van der Waals surface area contributed by atoms with E-state index in [2.05, 4.69) is 41.1 Å². The van der Waals surface area contributed by atoms with Gasteiger partial charge in [0.15, 0.2) is 0 Å². The monoisotopic (exact) mass is 490 g/mol. The highest BCUT2D eigenvalue weighted by molar-refractivity contribution is 6.27. The number of likely N-dealkylation sites (tertiary alicyclic amines) is 1. The van der Waals surface area contributed by atoms with E-state index in [1.807, 2.05) is 24.5 Å². The minimum absolute atomic E-state index is 0.791. The maximum atomic E-state index is 9.10. The summed E-state index contributed by atoms with van der Waals surface area (Å²) in [6, 6.07) is 12.4. The van der Waals surface area contributed by atoms with Gasteiger partial charge in [0, 0.05) is 25.5 Å². The first-order valence-corrected chi connectivity index (χ1v) is 10.9. The lowest BCUT2D eigenvalue weighted by atomic mass is 10.0. The Morgan fingerprint density at radius 1 is 0.886 bits per heavy atom. The molecule has 1 aliphatic rings. The summed E-state index contributed by atoms with van der Waals surface area (Å²) in [5.74, 6) is -5.49. The van der Waals surface area contributed by atoms with Crippen molar-refractivity contribution in [3.63, 3.8) is 0 Å². The Labute approximate surface area is 202 Å². The third-order valence-electron chi connectivity index (χ3n) is 4.86. The van der Waals surface area contributed by atoms with E-state index in [1.165, 1.54) is 37.1 Å². The molecular formula is C24H30N2O9. The molecule has 1 saturated heterocycles. The van der Waals surface area contributed by atoms with Gasteiger partial charge < -0.3 is 30.1 Å². The number of hydrogen-bond acceptors (Lipinski definition) is 7. The third kappa shape index (κ3) is 12.7. The maximum Gasteiger partial charge on any atom is 0.414 e. The average molecular weight is 491 g/mol. The Morgan fingerprint density at radius 2 is 1.40 bits per heavy atom. The van der Waals surface area contributed by atoms with Gasteiger partial charge in [0.1, 0.15) is 5.75 Å². The summed E-state index contributed by atoms with van der Waals surface area (Å²) in [6.07, 6.45) is 7.47. The quantitative estimate of drug-likeness (QED) is 0.346. The Hall–Kier alpha value is -3.99. The largest absolute Gasteiger partial charge is 0.494 e. The minimum Gasteiger partial charge on any atom is -0.494 e. The molecule has 1 fully saturated rings. The first-order valence-electron chi connectivity index (χ1n) is 10.9.